The number of nitrogens with zero attached hydrogens (tertiary/aromatic N) is 1. The van der Waals surface area contributed by atoms with E-state index in [1.165, 1.54) is 6.39 Å². The van der Waals surface area contributed by atoms with Crippen LogP contribution in [0.15, 0.2) is 35.2 Å². The summed E-state index contributed by atoms with van der Waals surface area (Å²) in [5, 5.41) is 2.98. The van der Waals surface area contributed by atoms with E-state index in [4.69, 9.17) is 20.8 Å². The lowest BCUT2D eigenvalue weighted by molar-refractivity contribution is -0.115. The number of rotatable bonds is 6. The van der Waals surface area contributed by atoms with Crippen LogP contribution in [0.4, 0.5) is 5.69 Å². The van der Waals surface area contributed by atoms with Gasteiger partial charge < -0.3 is 14.5 Å². The van der Waals surface area contributed by atoms with Gasteiger partial charge in [0.2, 0.25) is 0 Å². The van der Waals surface area contributed by atoms with Gasteiger partial charge in [-0.15, -0.1) is 11.6 Å². The van der Waals surface area contributed by atoms with E-state index >= 15 is 0 Å². The van der Waals surface area contributed by atoms with Gasteiger partial charge in [-0.05, 0) is 12.1 Å². The van der Waals surface area contributed by atoms with E-state index in [9.17, 15) is 4.79 Å². The van der Waals surface area contributed by atoms with E-state index in [-0.39, 0.29) is 18.2 Å². The van der Waals surface area contributed by atoms with Crippen LogP contribution in [0.25, 0.3) is 11.3 Å². The van der Waals surface area contributed by atoms with Crippen molar-refractivity contribution in [1.29, 1.82) is 0 Å². The molecule has 0 amide bonds. The number of aromatic nitrogens is 1. The van der Waals surface area contributed by atoms with Gasteiger partial charge in [0.15, 0.2) is 17.9 Å². The molecule has 0 aliphatic rings. The highest BCUT2D eigenvalue weighted by Gasteiger charge is 2.10. The third-order valence-electron chi connectivity index (χ3n) is 2.54. The first-order valence-electron chi connectivity index (χ1n) is 5.63. The van der Waals surface area contributed by atoms with Crippen molar-refractivity contribution >= 4 is 23.1 Å². The Hall–Kier alpha value is -2.01. The summed E-state index contributed by atoms with van der Waals surface area (Å²) in [6.07, 6.45) is 2.97. The van der Waals surface area contributed by atoms with Crippen LogP contribution in [0.3, 0.4) is 0 Å². The smallest absolute Gasteiger partial charge is 0.181 e. The summed E-state index contributed by atoms with van der Waals surface area (Å²) in [6.45, 7) is 0.189. The van der Waals surface area contributed by atoms with Crippen molar-refractivity contribution in [3.63, 3.8) is 0 Å². The van der Waals surface area contributed by atoms with Crippen LogP contribution in [0.5, 0.6) is 5.75 Å². The Morgan fingerprint density at radius 1 is 1.53 bits per heavy atom. The topological polar surface area (TPSA) is 64.4 Å². The molecule has 0 spiro atoms. The largest absolute Gasteiger partial charge is 0.496 e. The van der Waals surface area contributed by atoms with Gasteiger partial charge in [-0.2, -0.15) is 0 Å². The first kappa shape index (κ1) is 13.4. The molecule has 0 bridgehead atoms. The molecule has 1 aromatic heterocycles. The average molecular weight is 281 g/mol. The van der Waals surface area contributed by atoms with Crippen LogP contribution in [0.1, 0.15) is 0 Å². The number of methoxy groups -OCH3 is 1. The van der Waals surface area contributed by atoms with E-state index in [1.807, 2.05) is 12.1 Å². The molecule has 100 valence electrons. The maximum absolute atomic E-state index is 11.1. The summed E-state index contributed by atoms with van der Waals surface area (Å²) >= 11 is 5.44. The zero-order valence-corrected chi connectivity index (χ0v) is 11.1. The molecule has 0 aliphatic carbocycles. The summed E-state index contributed by atoms with van der Waals surface area (Å²) in [6, 6.07) is 5.47. The number of ether oxygens (including phenoxy) is 1. The number of nitrogens with one attached hydrogen (secondary N) is 1. The van der Waals surface area contributed by atoms with Gasteiger partial charge >= 0.3 is 0 Å². The Morgan fingerprint density at radius 3 is 3.00 bits per heavy atom. The van der Waals surface area contributed by atoms with Gasteiger partial charge in [-0.25, -0.2) is 4.98 Å². The zero-order valence-electron chi connectivity index (χ0n) is 10.4. The highest BCUT2D eigenvalue weighted by atomic mass is 35.5. The Morgan fingerprint density at radius 2 is 2.37 bits per heavy atom. The van der Waals surface area contributed by atoms with E-state index in [2.05, 4.69) is 10.3 Å². The van der Waals surface area contributed by atoms with E-state index in [1.54, 1.807) is 19.4 Å². The average Bonchev–Trinajstić information content (AvgIpc) is 2.98. The van der Waals surface area contributed by atoms with Crippen LogP contribution in [0, 0.1) is 0 Å². The molecule has 2 aromatic rings. The molecular formula is C13H13ClN2O3. The lowest BCUT2D eigenvalue weighted by Gasteiger charge is -2.10. The Balaban J connectivity index is 2.19. The molecule has 5 nitrogen and oxygen atoms in total. The minimum absolute atomic E-state index is 0.000281. The minimum Gasteiger partial charge on any atom is -0.496 e. The molecule has 0 saturated carbocycles. The Labute approximate surface area is 115 Å². The number of benzene rings is 1. The summed E-state index contributed by atoms with van der Waals surface area (Å²) < 4.78 is 10.5. The molecule has 0 radical (unpaired) electrons. The van der Waals surface area contributed by atoms with Crippen LogP contribution in [0.2, 0.25) is 0 Å². The minimum atomic E-state index is -0.0695. The van der Waals surface area contributed by atoms with Gasteiger partial charge in [0.25, 0.3) is 0 Å². The molecule has 6 heteroatoms. The van der Waals surface area contributed by atoms with Crippen molar-refractivity contribution in [2.45, 2.75) is 0 Å². The molecular weight excluding hydrogens is 268 g/mol. The molecule has 2 rings (SSSR count). The molecule has 1 heterocycles. The second-order valence-corrected chi connectivity index (χ2v) is 4.07. The fourth-order valence-electron chi connectivity index (χ4n) is 1.60. The van der Waals surface area contributed by atoms with Gasteiger partial charge in [0.05, 0.1) is 31.3 Å². The maximum atomic E-state index is 11.1. The van der Waals surface area contributed by atoms with Crippen molar-refractivity contribution in [3.8, 4) is 17.1 Å². The number of halogens is 1. The molecule has 1 N–H and O–H groups in total. The molecule has 0 fully saturated rings. The van der Waals surface area contributed by atoms with E-state index < -0.39 is 0 Å². The molecule has 19 heavy (non-hydrogen) atoms. The molecule has 0 unspecified atom stereocenters. The maximum Gasteiger partial charge on any atom is 0.181 e. The SMILES string of the molecule is COc1cc(NCC(=O)CCl)ccc1-c1cnco1. The van der Waals surface area contributed by atoms with Crippen molar-refractivity contribution in [2.24, 2.45) is 0 Å². The third-order valence-corrected chi connectivity index (χ3v) is 2.84. The lowest BCUT2D eigenvalue weighted by atomic mass is 10.1. The highest BCUT2D eigenvalue weighted by molar-refractivity contribution is 6.28. The lowest BCUT2D eigenvalue weighted by Crippen LogP contribution is -2.14. The van der Waals surface area contributed by atoms with Crippen molar-refractivity contribution < 1.29 is 13.9 Å². The Kier molecular flexibility index (Phi) is 4.41. The van der Waals surface area contributed by atoms with Gasteiger partial charge in [0, 0.05) is 11.8 Å². The van der Waals surface area contributed by atoms with Gasteiger partial charge in [-0.3, -0.25) is 4.79 Å². The fraction of sp³-hybridized carbons (Fsp3) is 0.231. The third kappa shape index (κ3) is 3.26. The fourth-order valence-corrected chi connectivity index (χ4v) is 1.70. The summed E-state index contributed by atoms with van der Waals surface area (Å²) in [5.41, 5.74) is 1.58. The first-order valence-corrected chi connectivity index (χ1v) is 6.16. The quantitative estimate of drug-likeness (QED) is 0.824. The number of anilines is 1. The predicted molar refractivity (Wildman–Crippen MR) is 72.7 cm³/mol. The van der Waals surface area contributed by atoms with Crippen LogP contribution in [-0.2, 0) is 4.79 Å². The molecule has 1 aromatic carbocycles. The molecule has 0 aliphatic heterocycles. The number of carbonyl (C=O) groups excluding carboxylic acids is 1. The number of hydrogen-bond acceptors (Lipinski definition) is 5. The van der Waals surface area contributed by atoms with Crippen molar-refractivity contribution in [2.75, 3.05) is 24.9 Å². The standard InChI is InChI=1S/C13H13ClN2O3/c1-18-12-4-9(16-6-10(17)5-14)2-3-11(12)13-7-15-8-19-13/h2-4,7-8,16H,5-6H2,1H3. The number of carbonyl (C=O) groups is 1. The monoisotopic (exact) mass is 280 g/mol. The number of hydrogen-bond donors (Lipinski definition) is 1. The molecule has 0 saturated heterocycles. The number of alkyl halides is 1. The number of Topliss-reactive ketones (excluding diaryl/α,β-unsaturated/α-hetero) is 1. The first-order chi connectivity index (χ1) is 9.24. The predicted octanol–water partition coefficient (Wildman–Crippen LogP) is 2.57. The second-order valence-electron chi connectivity index (χ2n) is 3.81. The van der Waals surface area contributed by atoms with E-state index in [0.717, 1.165) is 11.3 Å². The van der Waals surface area contributed by atoms with Crippen LogP contribution >= 0.6 is 11.6 Å². The summed E-state index contributed by atoms with van der Waals surface area (Å²) in [5.74, 6) is 1.19. The summed E-state index contributed by atoms with van der Waals surface area (Å²) in [7, 11) is 1.57. The Bertz CT molecular complexity index is 555. The van der Waals surface area contributed by atoms with Crippen molar-refractivity contribution in [3.05, 3.63) is 30.8 Å². The summed E-state index contributed by atoms with van der Waals surface area (Å²) in [4.78, 5) is 15.0. The van der Waals surface area contributed by atoms with Crippen molar-refractivity contribution in [1.82, 2.24) is 4.98 Å². The molecule has 0 atom stereocenters. The normalized spacial score (nSPS) is 10.2. The zero-order chi connectivity index (χ0) is 13.7. The van der Waals surface area contributed by atoms with Gasteiger partial charge in [-0.1, -0.05) is 0 Å². The van der Waals surface area contributed by atoms with E-state index in [0.29, 0.717) is 11.5 Å². The number of ketones is 1. The van der Waals surface area contributed by atoms with Crippen LogP contribution in [-0.4, -0.2) is 30.3 Å². The van der Waals surface area contributed by atoms with Crippen LogP contribution < -0.4 is 10.1 Å². The van der Waals surface area contributed by atoms with Gasteiger partial charge in [0.1, 0.15) is 5.75 Å². The highest BCUT2D eigenvalue weighted by Crippen LogP contribution is 2.32. The second kappa shape index (κ2) is 6.24. The number of oxazole rings is 1.